The molecule has 1 fully saturated rings. The minimum absolute atomic E-state index is 0.163. The van der Waals surface area contributed by atoms with Crippen LogP contribution in [0.4, 0.5) is 5.82 Å². The molecule has 3 aromatic heterocycles. The summed E-state index contributed by atoms with van der Waals surface area (Å²) in [6, 6.07) is 3.87. The molecule has 7 heteroatoms. The molecule has 5 rings (SSSR count). The van der Waals surface area contributed by atoms with Crippen molar-refractivity contribution in [2.75, 3.05) is 31.1 Å². The summed E-state index contributed by atoms with van der Waals surface area (Å²) in [6.45, 7) is 5.39. The van der Waals surface area contributed by atoms with Crippen molar-refractivity contribution in [2.45, 2.75) is 58.3 Å². The highest BCUT2D eigenvalue weighted by Crippen LogP contribution is 2.39. The Morgan fingerprint density at radius 2 is 1.94 bits per heavy atom. The van der Waals surface area contributed by atoms with E-state index >= 15 is 0 Å². The fourth-order valence-electron chi connectivity index (χ4n) is 4.71. The predicted octanol–water partition coefficient (Wildman–Crippen LogP) is 5.33. The Labute approximate surface area is 192 Å². The molecular formula is C24H30N4OS2. The Balaban J connectivity index is 1.45. The van der Waals surface area contributed by atoms with Crippen molar-refractivity contribution in [1.82, 2.24) is 14.9 Å². The molecule has 1 aliphatic heterocycles. The molecule has 0 aromatic carbocycles. The predicted molar refractivity (Wildman–Crippen MR) is 130 cm³/mol. The highest BCUT2D eigenvalue weighted by molar-refractivity contribution is 7.19. The Kier molecular flexibility index (Phi) is 6.23. The second-order valence-corrected chi connectivity index (χ2v) is 10.6. The summed E-state index contributed by atoms with van der Waals surface area (Å²) >= 11 is 3.43. The fraction of sp³-hybridized carbons (Fsp3) is 0.542. The van der Waals surface area contributed by atoms with Gasteiger partial charge < -0.3 is 9.80 Å². The lowest BCUT2D eigenvalue weighted by molar-refractivity contribution is 0.0751. The Morgan fingerprint density at radius 1 is 1.10 bits per heavy atom. The number of thiophene rings is 2. The number of nitrogens with zero attached hydrogens (tertiary/aromatic N) is 4. The van der Waals surface area contributed by atoms with Gasteiger partial charge >= 0.3 is 0 Å². The number of carbonyl (C=O) groups is 1. The van der Waals surface area contributed by atoms with Crippen molar-refractivity contribution in [3.8, 4) is 0 Å². The first-order valence-corrected chi connectivity index (χ1v) is 13.3. The van der Waals surface area contributed by atoms with Gasteiger partial charge in [-0.1, -0.05) is 25.8 Å². The molecule has 1 saturated heterocycles. The first-order valence-electron chi connectivity index (χ1n) is 11.6. The summed E-state index contributed by atoms with van der Waals surface area (Å²) in [5, 5.41) is 3.28. The van der Waals surface area contributed by atoms with Crippen LogP contribution in [-0.2, 0) is 19.3 Å². The van der Waals surface area contributed by atoms with Gasteiger partial charge in [0.15, 0.2) is 0 Å². The highest BCUT2D eigenvalue weighted by Gasteiger charge is 2.27. The summed E-state index contributed by atoms with van der Waals surface area (Å²) in [6.07, 6.45) is 9.42. The van der Waals surface area contributed by atoms with E-state index in [0.29, 0.717) is 0 Å². The van der Waals surface area contributed by atoms with Gasteiger partial charge in [-0.15, -0.1) is 22.7 Å². The topological polar surface area (TPSA) is 49.3 Å². The van der Waals surface area contributed by atoms with E-state index in [9.17, 15) is 4.79 Å². The Bertz CT molecular complexity index is 1050. The van der Waals surface area contributed by atoms with Crippen molar-refractivity contribution in [2.24, 2.45) is 0 Å². The lowest BCUT2D eigenvalue weighted by atomic mass is 10.1. The molecule has 0 bridgehead atoms. The standard InChI is InChI=1S/C24H30N4OS2/c1-2-3-11-20-25-22(21-17-8-5-4-6-9-18(17)31-23(21)26-20)27-12-14-28(15-13-27)24(29)19-10-7-16-30-19/h7,10,16H,2-6,8-9,11-15H2,1H3. The number of carbonyl (C=O) groups excluding carboxylic acids is 1. The number of unbranched alkanes of at least 4 members (excludes halogenated alkanes) is 1. The molecule has 1 aliphatic carbocycles. The fourth-order valence-corrected chi connectivity index (χ4v) is 6.68. The number of rotatable bonds is 5. The molecule has 5 nitrogen and oxygen atoms in total. The summed E-state index contributed by atoms with van der Waals surface area (Å²) < 4.78 is 0. The average molecular weight is 455 g/mol. The van der Waals surface area contributed by atoms with Gasteiger partial charge in [-0.3, -0.25) is 4.79 Å². The van der Waals surface area contributed by atoms with Gasteiger partial charge in [-0.05, 0) is 49.1 Å². The van der Waals surface area contributed by atoms with E-state index in [1.54, 1.807) is 0 Å². The van der Waals surface area contributed by atoms with Gasteiger partial charge in [0.1, 0.15) is 16.5 Å². The molecule has 2 aliphatic rings. The second-order valence-electron chi connectivity index (χ2n) is 8.57. The van der Waals surface area contributed by atoms with Gasteiger partial charge in [0, 0.05) is 37.5 Å². The third-order valence-electron chi connectivity index (χ3n) is 6.44. The summed E-state index contributed by atoms with van der Waals surface area (Å²) in [4.78, 5) is 30.8. The molecular weight excluding hydrogens is 424 g/mol. The molecule has 31 heavy (non-hydrogen) atoms. The summed E-state index contributed by atoms with van der Waals surface area (Å²) in [7, 11) is 0. The van der Waals surface area contributed by atoms with Crippen LogP contribution in [0, 0.1) is 0 Å². The SMILES string of the molecule is CCCCc1nc(N2CCN(C(=O)c3cccs3)CC2)c2c3c(sc2n1)CCCCC3. The van der Waals surface area contributed by atoms with E-state index < -0.39 is 0 Å². The van der Waals surface area contributed by atoms with Crippen LogP contribution in [-0.4, -0.2) is 47.0 Å². The van der Waals surface area contributed by atoms with Crippen molar-refractivity contribution in [3.05, 3.63) is 38.7 Å². The zero-order chi connectivity index (χ0) is 21.2. The van der Waals surface area contributed by atoms with Gasteiger partial charge in [0.25, 0.3) is 5.91 Å². The van der Waals surface area contributed by atoms with Crippen LogP contribution in [0.15, 0.2) is 17.5 Å². The van der Waals surface area contributed by atoms with Crippen LogP contribution >= 0.6 is 22.7 Å². The largest absolute Gasteiger partial charge is 0.352 e. The lowest BCUT2D eigenvalue weighted by Crippen LogP contribution is -2.49. The third-order valence-corrected chi connectivity index (χ3v) is 8.49. The Hall–Kier alpha value is -1.99. The van der Waals surface area contributed by atoms with Crippen molar-refractivity contribution >= 4 is 44.6 Å². The normalized spacial score (nSPS) is 17.1. The number of aromatic nitrogens is 2. The highest BCUT2D eigenvalue weighted by atomic mass is 32.1. The first kappa shape index (κ1) is 20.9. The minimum atomic E-state index is 0.163. The van der Waals surface area contributed by atoms with Crippen LogP contribution in [0.25, 0.3) is 10.2 Å². The third kappa shape index (κ3) is 4.22. The summed E-state index contributed by atoms with van der Waals surface area (Å²) in [5.74, 6) is 2.27. The quantitative estimate of drug-likeness (QED) is 0.489. The molecule has 0 spiro atoms. The molecule has 1 amide bonds. The number of hydrogen-bond acceptors (Lipinski definition) is 6. The molecule has 0 saturated carbocycles. The van der Waals surface area contributed by atoms with Crippen LogP contribution in [0.3, 0.4) is 0 Å². The van der Waals surface area contributed by atoms with E-state index in [0.717, 1.165) is 68.4 Å². The van der Waals surface area contributed by atoms with E-state index in [1.165, 1.54) is 57.7 Å². The molecule has 4 heterocycles. The lowest BCUT2D eigenvalue weighted by Gasteiger charge is -2.35. The maximum Gasteiger partial charge on any atom is 0.264 e. The maximum atomic E-state index is 12.8. The van der Waals surface area contributed by atoms with Crippen LogP contribution < -0.4 is 4.90 Å². The van der Waals surface area contributed by atoms with E-state index in [1.807, 2.05) is 33.7 Å². The maximum absolute atomic E-state index is 12.8. The van der Waals surface area contributed by atoms with Crippen molar-refractivity contribution in [1.29, 1.82) is 0 Å². The molecule has 164 valence electrons. The number of aryl methyl sites for hydroxylation is 3. The number of fused-ring (bicyclic) bond motifs is 3. The molecule has 3 aromatic rings. The van der Waals surface area contributed by atoms with Gasteiger partial charge in [-0.2, -0.15) is 0 Å². The molecule has 0 N–H and O–H groups in total. The van der Waals surface area contributed by atoms with E-state index in [4.69, 9.17) is 9.97 Å². The number of hydrogen-bond donors (Lipinski definition) is 0. The van der Waals surface area contributed by atoms with E-state index in [2.05, 4.69) is 11.8 Å². The number of amides is 1. The number of anilines is 1. The van der Waals surface area contributed by atoms with Gasteiger partial charge in [-0.25, -0.2) is 9.97 Å². The van der Waals surface area contributed by atoms with E-state index in [-0.39, 0.29) is 5.91 Å². The second kappa shape index (κ2) is 9.25. The molecule has 0 radical (unpaired) electrons. The minimum Gasteiger partial charge on any atom is -0.352 e. The van der Waals surface area contributed by atoms with Crippen molar-refractivity contribution < 1.29 is 4.79 Å². The Morgan fingerprint density at radius 3 is 2.71 bits per heavy atom. The van der Waals surface area contributed by atoms with Crippen LogP contribution in [0.1, 0.15) is 65.0 Å². The molecule has 0 atom stereocenters. The van der Waals surface area contributed by atoms with Crippen LogP contribution in [0.5, 0.6) is 0 Å². The number of piperazine rings is 1. The first-order chi connectivity index (χ1) is 15.2. The average Bonchev–Trinajstić information content (AvgIpc) is 3.40. The monoisotopic (exact) mass is 454 g/mol. The summed E-state index contributed by atoms with van der Waals surface area (Å²) in [5.41, 5.74) is 1.51. The smallest absolute Gasteiger partial charge is 0.264 e. The molecule has 0 unspecified atom stereocenters. The van der Waals surface area contributed by atoms with Gasteiger partial charge in [0.2, 0.25) is 0 Å². The van der Waals surface area contributed by atoms with Crippen molar-refractivity contribution in [3.63, 3.8) is 0 Å². The zero-order valence-corrected chi connectivity index (χ0v) is 19.9. The van der Waals surface area contributed by atoms with Gasteiger partial charge in [0.05, 0.1) is 10.3 Å². The zero-order valence-electron chi connectivity index (χ0n) is 18.2. The van der Waals surface area contributed by atoms with Crippen LogP contribution in [0.2, 0.25) is 0 Å².